The summed E-state index contributed by atoms with van der Waals surface area (Å²) >= 11 is 2.29. The highest BCUT2D eigenvalue weighted by Gasteiger charge is 1.97. The molecule has 0 radical (unpaired) electrons. The van der Waals surface area contributed by atoms with Gasteiger partial charge in [-0.3, -0.25) is 4.79 Å². The van der Waals surface area contributed by atoms with E-state index in [0.717, 1.165) is 30.2 Å². The van der Waals surface area contributed by atoms with Crippen LogP contribution in [0.5, 0.6) is 0 Å². The SMILES string of the molecule is CCCCNC(=O)CCCI. The van der Waals surface area contributed by atoms with E-state index in [4.69, 9.17) is 0 Å². The quantitative estimate of drug-likeness (QED) is 0.446. The Morgan fingerprint density at radius 3 is 2.73 bits per heavy atom. The minimum absolute atomic E-state index is 0.204. The maximum absolute atomic E-state index is 11.0. The summed E-state index contributed by atoms with van der Waals surface area (Å²) in [6.45, 7) is 2.97. The van der Waals surface area contributed by atoms with Gasteiger partial charge in [0.05, 0.1) is 0 Å². The third-order valence-electron chi connectivity index (χ3n) is 1.39. The highest BCUT2D eigenvalue weighted by molar-refractivity contribution is 14.1. The predicted molar refractivity (Wildman–Crippen MR) is 56.0 cm³/mol. The number of unbranched alkanes of at least 4 members (excludes halogenated alkanes) is 1. The average molecular weight is 269 g/mol. The van der Waals surface area contributed by atoms with Gasteiger partial charge in [0, 0.05) is 17.4 Å². The normalized spacial score (nSPS) is 9.64. The van der Waals surface area contributed by atoms with Gasteiger partial charge in [0.15, 0.2) is 0 Å². The van der Waals surface area contributed by atoms with Crippen LogP contribution in [0, 0.1) is 0 Å². The summed E-state index contributed by atoms with van der Waals surface area (Å²) in [5.74, 6) is 0.204. The molecule has 0 aliphatic heterocycles. The van der Waals surface area contributed by atoms with Crippen molar-refractivity contribution in [1.29, 1.82) is 0 Å². The van der Waals surface area contributed by atoms with Crippen LogP contribution in [0.1, 0.15) is 32.6 Å². The molecule has 0 unspecified atom stereocenters. The van der Waals surface area contributed by atoms with Crippen LogP contribution >= 0.6 is 22.6 Å². The van der Waals surface area contributed by atoms with Gasteiger partial charge in [0.2, 0.25) is 5.91 Å². The zero-order valence-electron chi connectivity index (χ0n) is 7.03. The van der Waals surface area contributed by atoms with Gasteiger partial charge in [-0.05, 0) is 12.8 Å². The molecule has 0 aromatic rings. The number of nitrogens with one attached hydrogen (secondary N) is 1. The molecule has 1 amide bonds. The van der Waals surface area contributed by atoms with Crippen LogP contribution in [0.4, 0.5) is 0 Å². The molecule has 0 heterocycles. The molecule has 0 bridgehead atoms. The fraction of sp³-hybridized carbons (Fsp3) is 0.875. The smallest absolute Gasteiger partial charge is 0.220 e. The monoisotopic (exact) mass is 269 g/mol. The fourth-order valence-electron chi connectivity index (χ4n) is 0.720. The largest absolute Gasteiger partial charge is 0.356 e. The van der Waals surface area contributed by atoms with Crippen molar-refractivity contribution >= 4 is 28.5 Å². The van der Waals surface area contributed by atoms with Crippen LogP contribution in [0.3, 0.4) is 0 Å². The van der Waals surface area contributed by atoms with Gasteiger partial charge < -0.3 is 5.32 Å². The molecule has 0 aromatic heterocycles. The van der Waals surface area contributed by atoms with Crippen molar-refractivity contribution in [2.75, 3.05) is 11.0 Å². The molecule has 0 aromatic carbocycles. The number of alkyl halides is 1. The molecule has 0 aliphatic rings. The molecular weight excluding hydrogens is 253 g/mol. The Labute approximate surface area is 82.3 Å². The average Bonchev–Trinajstić information content (AvgIpc) is 2.01. The van der Waals surface area contributed by atoms with E-state index in [2.05, 4.69) is 34.8 Å². The third-order valence-corrected chi connectivity index (χ3v) is 2.15. The number of carbonyl (C=O) groups is 1. The number of hydrogen-bond acceptors (Lipinski definition) is 1. The number of hydrogen-bond donors (Lipinski definition) is 1. The molecule has 0 aliphatic carbocycles. The van der Waals surface area contributed by atoms with E-state index in [0.29, 0.717) is 6.42 Å². The summed E-state index contributed by atoms with van der Waals surface area (Å²) in [6.07, 6.45) is 3.92. The Morgan fingerprint density at radius 1 is 1.45 bits per heavy atom. The summed E-state index contributed by atoms with van der Waals surface area (Å²) in [7, 11) is 0. The van der Waals surface area contributed by atoms with Crippen LogP contribution in [0.15, 0.2) is 0 Å². The maximum Gasteiger partial charge on any atom is 0.220 e. The van der Waals surface area contributed by atoms with Crippen LogP contribution < -0.4 is 5.32 Å². The summed E-state index contributed by atoms with van der Waals surface area (Å²) in [5.41, 5.74) is 0. The topological polar surface area (TPSA) is 29.1 Å². The highest BCUT2D eigenvalue weighted by Crippen LogP contribution is 1.94. The number of halogens is 1. The van der Waals surface area contributed by atoms with Crippen LogP contribution in [-0.4, -0.2) is 16.9 Å². The lowest BCUT2D eigenvalue weighted by atomic mass is 10.3. The first-order valence-electron chi connectivity index (χ1n) is 4.14. The second-order valence-corrected chi connectivity index (χ2v) is 3.57. The molecule has 3 heteroatoms. The zero-order valence-corrected chi connectivity index (χ0v) is 9.19. The molecule has 11 heavy (non-hydrogen) atoms. The van der Waals surface area contributed by atoms with Gasteiger partial charge in [0.1, 0.15) is 0 Å². The minimum atomic E-state index is 0.204. The lowest BCUT2D eigenvalue weighted by Gasteiger charge is -2.01. The molecule has 0 saturated heterocycles. The van der Waals surface area contributed by atoms with Gasteiger partial charge in [-0.2, -0.15) is 0 Å². The first-order valence-corrected chi connectivity index (χ1v) is 5.66. The molecule has 0 spiro atoms. The predicted octanol–water partition coefficient (Wildman–Crippen LogP) is 2.12. The second kappa shape index (κ2) is 8.30. The van der Waals surface area contributed by atoms with Gasteiger partial charge in [0.25, 0.3) is 0 Å². The van der Waals surface area contributed by atoms with Crippen molar-refractivity contribution in [2.24, 2.45) is 0 Å². The highest BCUT2D eigenvalue weighted by atomic mass is 127. The minimum Gasteiger partial charge on any atom is -0.356 e. The summed E-state index contributed by atoms with van der Waals surface area (Å²) in [5, 5.41) is 2.88. The van der Waals surface area contributed by atoms with E-state index in [9.17, 15) is 4.79 Å². The van der Waals surface area contributed by atoms with Crippen molar-refractivity contribution in [2.45, 2.75) is 32.6 Å². The van der Waals surface area contributed by atoms with E-state index in [1.54, 1.807) is 0 Å². The molecular formula is C8H16INO. The fourth-order valence-corrected chi connectivity index (χ4v) is 1.10. The number of carbonyl (C=O) groups excluding carboxylic acids is 1. The lowest BCUT2D eigenvalue weighted by molar-refractivity contribution is -0.121. The molecule has 0 fully saturated rings. The summed E-state index contributed by atoms with van der Waals surface area (Å²) in [4.78, 5) is 11.0. The van der Waals surface area contributed by atoms with Crippen LogP contribution in [0.25, 0.3) is 0 Å². The van der Waals surface area contributed by atoms with Crippen molar-refractivity contribution < 1.29 is 4.79 Å². The Bertz CT molecular complexity index is 106. The molecule has 1 N–H and O–H groups in total. The van der Waals surface area contributed by atoms with Gasteiger partial charge >= 0.3 is 0 Å². The third kappa shape index (κ3) is 8.10. The Kier molecular flexibility index (Phi) is 8.45. The van der Waals surface area contributed by atoms with E-state index in [1.165, 1.54) is 0 Å². The first-order chi connectivity index (χ1) is 5.31. The maximum atomic E-state index is 11.0. The molecule has 66 valence electrons. The van der Waals surface area contributed by atoms with E-state index in [-0.39, 0.29) is 5.91 Å². The Hall–Kier alpha value is 0.200. The lowest BCUT2D eigenvalue weighted by Crippen LogP contribution is -2.23. The molecule has 0 saturated carbocycles. The Balaban J connectivity index is 3.09. The number of amides is 1. The van der Waals surface area contributed by atoms with E-state index >= 15 is 0 Å². The second-order valence-electron chi connectivity index (χ2n) is 2.50. The number of rotatable bonds is 6. The van der Waals surface area contributed by atoms with Crippen molar-refractivity contribution in [3.63, 3.8) is 0 Å². The summed E-state index contributed by atoms with van der Waals surface area (Å²) in [6, 6.07) is 0. The molecule has 0 rings (SSSR count). The van der Waals surface area contributed by atoms with Crippen molar-refractivity contribution in [3.05, 3.63) is 0 Å². The van der Waals surface area contributed by atoms with E-state index in [1.807, 2.05) is 0 Å². The standard InChI is InChI=1S/C8H16INO/c1-2-3-7-10-8(11)5-4-6-9/h2-7H2,1H3,(H,10,11). The van der Waals surface area contributed by atoms with Crippen LogP contribution in [0.2, 0.25) is 0 Å². The van der Waals surface area contributed by atoms with Gasteiger partial charge in [-0.25, -0.2) is 0 Å². The van der Waals surface area contributed by atoms with Crippen molar-refractivity contribution in [1.82, 2.24) is 5.32 Å². The first kappa shape index (κ1) is 11.2. The Morgan fingerprint density at radius 2 is 2.18 bits per heavy atom. The van der Waals surface area contributed by atoms with E-state index < -0.39 is 0 Å². The van der Waals surface area contributed by atoms with Gasteiger partial charge in [-0.15, -0.1) is 0 Å². The molecule has 2 nitrogen and oxygen atoms in total. The van der Waals surface area contributed by atoms with Crippen LogP contribution in [-0.2, 0) is 4.79 Å². The zero-order chi connectivity index (χ0) is 8.53. The summed E-state index contributed by atoms with van der Waals surface area (Å²) < 4.78 is 1.07. The van der Waals surface area contributed by atoms with Gasteiger partial charge in [-0.1, -0.05) is 35.9 Å². The molecule has 0 atom stereocenters. The van der Waals surface area contributed by atoms with Crippen molar-refractivity contribution in [3.8, 4) is 0 Å².